The van der Waals surface area contributed by atoms with E-state index in [0.29, 0.717) is 23.3 Å². The quantitative estimate of drug-likeness (QED) is 0.455. The summed E-state index contributed by atoms with van der Waals surface area (Å²) in [7, 11) is 0. The lowest BCUT2D eigenvalue weighted by Gasteiger charge is -2.19. The predicted molar refractivity (Wildman–Crippen MR) is 91.7 cm³/mol. The summed E-state index contributed by atoms with van der Waals surface area (Å²) < 4.78 is 97.0. The van der Waals surface area contributed by atoms with Crippen LogP contribution in [0.1, 0.15) is 29.7 Å². The number of hydrogen-bond acceptors (Lipinski definition) is 1. The molecule has 2 nitrogen and oxygen atoms in total. The van der Waals surface area contributed by atoms with E-state index in [1.807, 2.05) is 0 Å². The third-order valence-electron chi connectivity index (χ3n) is 4.25. The van der Waals surface area contributed by atoms with Gasteiger partial charge >= 0.3 is 12.4 Å². The van der Waals surface area contributed by atoms with Gasteiger partial charge in [0.15, 0.2) is 0 Å². The normalized spacial score (nSPS) is 13.4. The number of halogens is 7. The Labute approximate surface area is 160 Å². The summed E-state index contributed by atoms with van der Waals surface area (Å²) in [5.74, 6) is -0.251. The smallest absolute Gasteiger partial charge is 0.416 e. The SMILES string of the molecule is C[C@@H](Oc1c[nH]cc1-c1ccc(F)cc1)c1cc(C(F)(F)F)cc(C(F)(F)F)c1. The van der Waals surface area contributed by atoms with Crippen molar-refractivity contribution in [2.24, 2.45) is 0 Å². The third kappa shape index (κ3) is 4.72. The van der Waals surface area contributed by atoms with Gasteiger partial charge in [0.25, 0.3) is 0 Å². The molecule has 29 heavy (non-hydrogen) atoms. The first-order valence-electron chi connectivity index (χ1n) is 8.34. The van der Waals surface area contributed by atoms with Crippen LogP contribution in [0.5, 0.6) is 5.75 Å². The third-order valence-corrected chi connectivity index (χ3v) is 4.25. The molecule has 2 aromatic carbocycles. The molecule has 0 fully saturated rings. The molecule has 3 rings (SSSR count). The summed E-state index contributed by atoms with van der Waals surface area (Å²) in [4.78, 5) is 2.76. The molecular weight excluding hydrogens is 403 g/mol. The number of hydrogen-bond donors (Lipinski definition) is 1. The van der Waals surface area contributed by atoms with Crippen molar-refractivity contribution in [3.05, 3.63) is 77.4 Å². The molecule has 0 unspecified atom stereocenters. The van der Waals surface area contributed by atoms with E-state index in [9.17, 15) is 30.7 Å². The number of aromatic amines is 1. The molecule has 3 aromatic rings. The van der Waals surface area contributed by atoms with Crippen LogP contribution >= 0.6 is 0 Å². The molecule has 1 aromatic heterocycles. The van der Waals surface area contributed by atoms with Gasteiger partial charge in [0.05, 0.1) is 11.1 Å². The van der Waals surface area contributed by atoms with Crippen molar-refractivity contribution in [2.45, 2.75) is 25.4 Å². The van der Waals surface area contributed by atoms with Crippen LogP contribution in [0.15, 0.2) is 54.9 Å². The van der Waals surface area contributed by atoms with Gasteiger partial charge < -0.3 is 9.72 Å². The standard InChI is InChI=1S/C20H14F7NO/c1-11(13-6-14(19(22,23)24)8-15(7-13)20(25,26)27)29-18-10-28-9-17(18)12-2-4-16(21)5-3-12/h2-11,28H,1H3/t11-/m1/s1. The minimum Gasteiger partial charge on any atom is -0.484 e. The van der Waals surface area contributed by atoms with Crippen LogP contribution in [0.2, 0.25) is 0 Å². The van der Waals surface area contributed by atoms with Crippen LogP contribution in [0.25, 0.3) is 11.1 Å². The highest BCUT2D eigenvalue weighted by Gasteiger charge is 2.37. The van der Waals surface area contributed by atoms with E-state index in [4.69, 9.17) is 4.74 Å². The number of benzene rings is 2. The topological polar surface area (TPSA) is 25.0 Å². The fourth-order valence-corrected chi connectivity index (χ4v) is 2.77. The van der Waals surface area contributed by atoms with Crippen LogP contribution in [0.3, 0.4) is 0 Å². The molecule has 9 heteroatoms. The van der Waals surface area contributed by atoms with Gasteiger partial charge in [0.1, 0.15) is 17.7 Å². The molecule has 1 N–H and O–H groups in total. The fraction of sp³-hybridized carbons (Fsp3) is 0.200. The molecular formula is C20H14F7NO. The number of alkyl halides is 6. The molecule has 0 aliphatic rings. The second kappa shape index (κ2) is 7.46. The Kier molecular flexibility index (Phi) is 5.34. The lowest BCUT2D eigenvalue weighted by Crippen LogP contribution is -2.14. The number of H-pyrrole nitrogens is 1. The van der Waals surface area contributed by atoms with Crippen molar-refractivity contribution < 1.29 is 35.5 Å². The number of aromatic nitrogens is 1. The Balaban J connectivity index is 1.95. The van der Waals surface area contributed by atoms with E-state index in [0.717, 1.165) is 0 Å². The first kappa shape index (κ1) is 20.8. The van der Waals surface area contributed by atoms with Gasteiger partial charge in [-0.25, -0.2) is 4.39 Å². The average molecular weight is 417 g/mol. The Bertz CT molecular complexity index is 955. The minimum atomic E-state index is -4.94. The van der Waals surface area contributed by atoms with Crippen molar-refractivity contribution in [3.63, 3.8) is 0 Å². The Morgan fingerprint density at radius 2 is 1.38 bits per heavy atom. The van der Waals surface area contributed by atoms with Crippen molar-refractivity contribution in [3.8, 4) is 16.9 Å². The zero-order valence-electron chi connectivity index (χ0n) is 14.8. The predicted octanol–water partition coefficient (Wildman–Crippen LogP) is 7.00. The number of ether oxygens (including phenoxy) is 1. The lowest BCUT2D eigenvalue weighted by molar-refractivity contribution is -0.143. The fourth-order valence-electron chi connectivity index (χ4n) is 2.77. The highest BCUT2D eigenvalue weighted by atomic mass is 19.4. The van der Waals surface area contributed by atoms with Crippen LogP contribution in [0.4, 0.5) is 30.7 Å². The second-order valence-electron chi connectivity index (χ2n) is 6.34. The molecule has 0 aliphatic carbocycles. The van der Waals surface area contributed by atoms with Crippen LogP contribution in [-0.2, 0) is 12.4 Å². The monoisotopic (exact) mass is 417 g/mol. The highest BCUT2D eigenvalue weighted by Crippen LogP contribution is 2.39. The molecule has 0 saturated carbocycles. The highest BCUT2D eigenvalue weighted by molar-refractivity contribution is 5.69. The molecule has 1 atom stereocenters. The summed E-state index contributed by atoms with van der Waals surface area (Å²) in [5.41, 5.74) is -2.05. The zero-order chi connectivity index (χ0) is 21.4. The van der Waals surface area contributed by atoms with Gasteiger partial charge in [0, 0.05) is 18.0 Å². The van der Waals surface area contributed by atoms with Crippen molar-refractivity contribution in [2.75, 3.05) is 0 Å². The largest absolute Gasteiger partial charge is 0.484 e. The molecule has 0 bridgehead atoms. The van der Waals surface area contributed by atoms with Crippen LogP contribution in [0, 0.1) is 5.82 Å². The van der Waals surface area contributed by atoms with Crippen LogP contribution < -0.4 is 4.74 Å². The van der Waals surface area contributed by atoms with Gasteiger partial charge in [-0.2, -0.15) is 26.3 Å². The van der Waals surface area contributed by atoms with Gasteiger partial charge in [-0.3, -0.25) is 0 Å². The minimum absolute atomic E-state index is 0.0659. The molecule has 0 saturated heterocycles. The van der Waals surface area contributed by atoms with E-state index >= 15 is 0 Å². The van der Waals surface area contributed by atoms with Crippen LogP contribution in [-0.4, -0.2) is 4.98 Å². The number of rotatable bonds is 4. The molecule has 0 aliphatic heterocycles. The molecule has 0 spiro atoms. The van der Waals surface area contributed by atoms with Gasteiger partial charge in [-0.15, -0.1) is 0 Å². The first-order chi connectivity index (χ1) is 13.4. The van der Waals surface area contributed by atoms with Crippen molar-refractivity contribution >= 4 is 0 Å². The lowest BCUT2D eigenvalue weighted by atomic mass is 10.0. The Hall–Kier alpha value is -2.97. The van der Waals surface area contributed by atoms with E-state index in [-0.39, 0.29) is 17.4 Å². The first-order valence-corrected chi connectivity index (χ1v) is 8.34. The maximum Gasteiger partial charge on any atom is 0.416 e. The molecule has 0 amide bonds. The number of nitrogens with one attached hydrogen (secondary N) is 1. The summed E-state index contributed by atoms with van der Waals surface area (Å²) >= 11 is 0. The van der Waals surface area contributed by atoms with Gasteiger partial charge in [-0.05, 0) is 48.4 Å². The van der Waals surface area contributed by atoms with Gasteiger partial charge in [0.2, 0.25) is 0 Å². The van der Waals surface area contributed by atoms with Gasteiger partial charge in [-0.1, -0.05) is 12.1 Å². The second-order valence-corrected chi connectivity index (χ2v) is 6.34. The van der Waals surface area contributed by atoms with E-state index in [1.165, 1.54) is 43.6 Å². The summed E-state index contributed by atoms with van der Waals surface area (Å²) in [5, 5.41) is 0. The van der Waals surface area contributed by atoms with Crippen molar-refractivity contribution in [1.29, 1.82) is 0 Å². The summed E-state index contributed by atoms with van der Waals surface area (Å²) in [6, 6.07) is 6.71. The van der Waals surface area contributed by atoms with E-state index < -0.39 is 35.4 Å². The van der Waals surface area contributed by atoms with E-state index in [1.54, 1.807) is 0 Å². The average Bonchev–Trinajstić information content (AvgIpc) is 3.08. The van der Waals surface area contributed by atoms with Crippen molar-refractivity contribution in [1.82, 2.24) is 4.98 Å². The summed E-state index contributed by atoms with van der Waals surface area (Å²) in [6.45, 7) is 1.34. The zero-order valence-corrected chi connectivity index (χ0v) is 14.8. The summed E-state index contributed by atoms with van der Waals surface area (Å²) in [6.07, 6.45) is -8.06. The maximum absolute atomic E-state index is 13.1. The molecule has 0 radical (unpaired) electrons. The Morgan fingerprint density at radius 1 is 0.828 bits per heavy atom. The maximum atomic E-state index is 13.1. The Morgan fingerprint density at radius 3 is 1.90 bits per heavy atom. The molecule has 154 valence electrons. The van der Waals surface area contributed by atoms with E-state index in [2.05, 4.69) is 4.98 Å². The molecule has 1 heterocycles.